The molecule has 15 heteroatoms. The average molecular weight is 692 g/mol. The first-order valence-electron chi connectivity index (χ1n) is 15.7. The molecule has 3 aromatic heterocycles. The van der Waals surface area contributed by atoms with Crippen molar-refractivity contribution in [2.24, 2.45) is 0 Å². The molecular weight excluding hydrogens is 655 g/mol. The van der Waals surface area contributed by atoms with Gasteiger partial charge in [-0.3, -0.25) is 14.3 Å². The topological polar surface area (TPSA) is 126 Å². The molecule has 3 N–H and O–H groups in total. The highest BCUT2D eigenvalue weighted by atomic mass is 32.2. The van der Waals surface area contributed by atoms with E-state index in [1.807, 2.05) is 31.1 Å². The van der Waals surface area contributed by atoms with Gasteiger partial charge in [-0.25, -0.2) is 4.98 Å². The summed E-state index contributed by atoms with van der Waals surface area (Å²) < 4.78 is 57.5. The van der Waals surface area contributed by atoms with Crippen LogP contribution in [0.15, 0.2) is 88.9 Å². The van der Waals surface area contributed by atoms with Gasteiger partial charge in [0.05, 0.1) is 24.0 Å². The molecule has 1 fully saturated rings. The first-order chi connectivity index (χ1) is 23.6. The summed E-state index contributed by atoms with van der Waals surface area (Å²) in [7, 11) is 3.82. The summed E-state index contributed by atoms with van der Waals surface area (Å²) >= 11 is -1.34. The summed E-state index contributed by atoms with van der Waals surface area (Å²) in [4.78, 5) is 31.5. The number of halogens is 3. The van der Waals surface area contributed by atoms with Crippen LogP contribution in [0.5, 0.6) is 0 Å². The fourth-order valence-corrected chi connectivity index (χ4v) is 7.01. The Balaban J connectivity index is 1.40. The predicted molar refractivity (Wildman–Crippen MR) is 187 cm³/mol. The molecule has 49 heavy (non-hydrogen) atoms. The van der Waals surface area contributed by atoms with E-state index >= 15 is 0 Å². The van der Waals surface area contributed by atoms with E-state index in [1.165, 1.54) is 16.8 Å². The lowest BCUT2D eigenvalue weighted by molar-refractivity contribution is -0.137. The molecule has 0 amide bonds. The lowest BCUT2D eigenvalue weighted by Gasteiger charge is -2.31. The van der Waals surface area contributed by atoms with Gasteiger partial charge in [0, 0.05) is 67.4 Å². The Morgan fingerprint density at radius 1 is 1.00 bits per heavy atom. The molecule has 256 valence electrons. The first-order valence-corrected chi connectivity index (χ1v) is 17.0. The Morgan fingerprint density at radius 3 is 2.53 bits per heavy atom. The van der Waals surface area contributed by atoms with Crippen molar-refractivity contribution in [3.63, 3.8) is 0 Å². The molecule has 2 aromatic carbocycles. The third kappa shape index (κ3) is 8.13. The SMILES string of the molecule is CN(C)CC[S+]([O-])c1ccccc1Cn1c(=O)c(Nc2cccnc2)cc2cnc(Nc3ccc(N4CCNCC4)c(C(F)(F)F)c3)nc21. The standard InChI is InChI=1S/C34H36F3N9O2S/c1-44(2)16-17-49(48)30-8-4-3-6-23(30)22-46-31-24(18-28(32(46)47)41-26-7-5-11-39-21-26)20-40-33(43-31)42-25-9-10-29(27(19-25)34(35,36)37)45-14-12-38-13-15-45/h3-11,18-21,38,41H,12-17,22H2,1-2H3,(H,40,42,43). The maximum Gasteiger partial charge on any atom is 0.418 e. The third-order valence-electron chi connectivity index (χ3n) is 8.05. The first kappa shape index (κ1) is 34.2. The molecule has 1 aliphatic rings. The van der Waals surface area contributed by atoms with Gasteiger partial charge >= 0.3 is 6.18 Å². The van der Waals surface area contributed by atoms with Crippen LogP contribution in [0.1, 0.15) is 11.1 Å². The number of alkyl halides is 3. The van der Waals surface area contributed by atoms with Crippen LogP contribution in [-0.2, 0) is 23.9 Å². The quantitative estimate of drug-likeness (QED) is 0.166. The summed E-state index contributed by atoms with van der Waals surface area (Å²) in [6, 6.07) is 16.4. The molecule has 0 spiro atoms. The summed E-state index contributed by atoms with van der Waals surface area (Å²) in [6.45, 7) is 2.77. The van der Waals surface area contributed by atoms with E-state index in [1.54, 1.807) is 53.7 Å². The van der Waals surface area contributed by atoms with Crippen molar-refractivity contribution in [2.45, 2.75) is 17.6 Å². The highest BCUT2D eigenvalue weighted by molar-refractivity contribution is 7.91. The molecule has 6 rings (SSSR count). The minimum absolute atomic E-state index is 0.0134. The second-order valence-electron chi connectivity index (χ2n) is 11.8. The van der Waals surface area contributed by atoms with Crippen LogP contribution in [0.2, 0.25) is 0 Å². The minimum Gasteiger partial charge on any atom is -0.611 e. The van der Waals surface area contributed by atoms with Crippen molar-refractivity contribution < 1.29 is 17.7 Å². The third-order valence-corrected chi connectivity index (χ3v) is 9.50. The number of anilines is 5. The number of benzene rings is 2. The highest BCUT2D eigenvalue weighted by Gasteiger charge is 2.35. The molecule has 1 aliphatic heterocycles. The fraction of sp³-hybridized carbons (Fsp3) is 0.294. The second kappa shape index (κ2) is 14.8. The van der Waals surface area contributed by atoms with Gasteiger partial charge in [-0.2, -0.15) is 18.2 Å². The van der Waals surface area contributed by atoms with Crippen LogP contribution in [-0.4, -0.2) is 81.5 Å². The van der Waals surface area contributed by atoms with E-state index in [4.69, 9.17) is 0 Å². The van der Waals surface area contributed by atoms with Gasteiger partial charge in [0.2, 0.25) is 5.95 Å². The number of aromatic nitrogens is 4. The predicted octanol–water partition coefficient (Wildman–Crippen LogP) is 4.82. The van der Waals surface area contributed by atoms with Gasteiger partial charge in [-0.1, -0.05) is 18.2 Å². The van der Waals surface area contributed by atoms with Crippen LogP contribution in [0, 0.1) is 0 Å². The Bertz CT molecular complexity index is 1970. The van der Waals surface area contributed by atoms with Crippen molar-refractivity contribution in [2.75, 3.05) is 68.1 Å². The molecule has 5 aromatic rings. The second-order valence-corrected chi connectivity index (χ2v) is 13.4. The zero-order valence-electron chi connectivity index (χ0n) is 27.0. The minimum atomic E-state index is -4.58. The lowest BCUT2D eigenvalue weighted by Crippen LogP contribution is -2.44. The Kier molecular flexibility index (Phi) is 10.3. The highest BCUT2D eigenvalue weighted by Crippen LogP contribution is 2.39. The van der Waals surface area contributed by atoms with Crippen LogP contribution < -0.4 is 26.4 Å². The number of rotatable bonds is 11. The Morgan fingerprint density at radius 2 is 1.80 bits per heavy atom. The molecule has 11 nitrogen and oxygen atoms in total. The molecule has 0 aliphatic carbocycles. The fourth-order valence-electron chi connectivity index (χ4n) is 5.60. The van der Waals surface area contributed by atoms with E-state index < -0.39 is 28.5 Å². The number of nitrogens with zero attached hydrogens (tertiary/aromatic N) is 6. The maximum atomic E-state index is 14.2. The van der Waals surface area contributed by atoms with Crippen LogP contribution in [0.25, 0.3) is 11.0 Å². The van der Waals surface area contributed by atoms with E-state index in [0.29, 0.717) is 60.0 Å². The van der Waals surface area contributed by atoms with Gasteiger partial charge in [0.15, 0.2) is 4.90 Å². The molecule has 1 unspecified atom stereocenters. The summed E-state index contributed by atoms with van der Waals surface area (Å²) in [5.41, 5.74) is 0.860. The Hall–Kier alpha value is -4.70. The van der Waals surface area contributed by atoms with Crippen molar-refractivity contribution in [1.29, 1.82) is 0 Å². The summed E-state index contributed by atoms with van der Waals surface area (Å²) in [5.74, 6) is 0.422. The summed E-state index contributed by atoms with van der Waals surface area (Å²) in [5, 5.41) is 9.70. The number of hydrogen-bond donors (Lipinski definition) is 3. The van der Waals surface area contributed by atoms with Crippen molar-refractivity contribution in [1.82, 2.24) is 29.7 Å². The number of fused-ring (bicyclic) bond motifs is 1. The molecule has 0 bridgehead atoms. The molecule has 0 saturated carbocycles. The van der Waals surface area contributed by atoms with Gasteiger partial charge in [-0.05, 0) is 67.7 Å². The van der Waals surface area contributed by atoms with Crippen molar-refractivity contribution in [3.05, 3.63) is 101 Å². The average Bonchev–Trinajstić information content (AvgIpc) is 3.10. The number of nitrogens with one attached hydrogen (secondary N) is 3. The zero-order valence-corrected chi connectivity index (χ0v) is 27.8. The monoisotopic (exact) mass is 691 g/mol. The molecule has 1 atom stereocenters. The molecule has 4 heterocycles. The van der Waals surface area contributed by atoms with E-state index in [2.05, 4.69) is 30.9 Å². The summed E-state index contributed by atoms with van der Waals surface area (Å²) in [6.07, 6.45) is 0.134. The molecule has 1 saturated heterocycles. The number of piperazine rings is 1. The maximum absolute atomic E-state index is 14.2. The van der Waals surface area contributed by atoms with Crippen molar-refractivity contribution >= 4 is 50.9 Å². The number of pyridine rings is 2. The van der Waals surface area contributed by atoms with E-state index in [9.17, 15) is 22.5 Å². The van der Waals surface area contributed by atoms with Gasteiger partial charge in [0.25, 0.3) is 5.56 Å². The normalized spacial score (nSPS) is 14.3. The van der Waals surface area contributed by atoms with Crippen molar-refractivity contribution in [3.8, 4) is 0 Å². The van der Waals surface area contributed by atoms with Crippen LogP contribution in [0.4, 0.5) is 41.9 Å². The van der Waals surface area contributed by atoms with Gasteiger partial charge in [0.1, 0.15) is 17.1 Å². The van der Waals surface area contributed by atoms with Gasteiger partial charge < -0.3 is 30.3 Å². The van der Waals surface area contributed by atoms with Crippen LogP contribution in [0.3, 0.4) is 0 Å². The van der Waals surface area contributed by atoms with E-state index in [-0.39, 0.29) is 35.2 Å². The van der Waals surface area contributed by atoms with Crippen LogP contribution >= 0.6 is 0 Å². The Labute approximate surface area is 284 Å². The van der Waals surface area contributed by atoms with E-state index in [0.717, 1.165) is 6.07 Å². The smallest absolute Gasteiger partial charge is 0.418 e. The number of hydrogen-bond acceptors (Lipinski definition) is 10. The molecular formula is C34H36F3N9O2S. The zero-order chi connectivity index (χ0) is 34.5. The lowest BCUT2D eigenvalue weighted by atomic mass is 10.1. The largest absolute Gasteiger partial charge is 0.611 e. The molecule has 0 radical (unpaired) electrons. The van der Waals surface area contributed by atoms with Gasteiger partial charge in [-0.15, -0.1) is 0 Å².